The van der Waals surface area contributed by atoms with Gasteiger partial charge in [-0.3, -0.25) is 0 Å². The molecule has 0 saturated heterocycles. The second-order valence-electron chi connectivity index (χ2n) is 8.76. The van der Waals surface area contributed by atoms with Crippen molar-refractivity contribution in [1.82, 2.24) is 9.13 Å². The van der Waals surface area contributed by atoms with Crippen LogP contribution in [0.4, 0.5) is 0 Å². The quantitative estimate of drug-likeness (QED) is 0.220. The maximum absolute atomic E-state index is 9.14. The van der Waals surface area contributed by atoms with Crippen LogP contribution in [0.15, 0.2) is 139 Å². The molecule has 0 unspecified atom stereocenters. The average molecular weight is 519 g/mol. The predicted molar refractivity (Wildman–Crippen MR) is 165 cm³/mol. The third-order valence-corrected chi connectivity index (χ3v) is 6.67. The lowest BCUT2D eigenvalue weighted by Gasteiger charge is -2.13. The first-order chi connectivity index (χ1) is 27.5. The van der Waals surface area contributed by atoms with Crippen LogP contribution in [0.2, 0.25) is 0 Å². The lowest BCUT2D eigenvalue weighted by atomic mass is 9.99. The van der Waals surface area contributed by atoms with Crippen molar-refractivity contribution in [3.63, 3.8) is 0 Å². The Hall–Kier alpha value is -5.08. The van der Waals surface area contributed by atoms with Gasteiger partial charge >= 0.3 is 0 Å². The molecule has 0 atom stereocenters. The van der Waals surface area contributed by atoms with Gasteiger partial charge in [-0.1, -0.05) is 90.7 Å². The summed E-state index contributed by atoms with van der Waals surface area (Å²) in [6.07, 6.45) is 0. The second kappa shape index (κ2) is 8.47. The molecule has 184 valence electrons. The number of hydrogen-bond donors (Lipinski definition) is 0. The molecule has 2 heterocycles. The van der Waals surface area contributed by atoms with Crippen LogP contribution in [0.25, 0.3) is 66.1 Å². The summed E-state index contributed by atoms with van der Waals surface area (Å²) in [5.74, 6) is 0. The van der Waals surface area contributed by atoms with Gasteiger partial charge in [0.25, 0.3) is 0 Å². The van der Waals surface area contributed by atoms with Crippen LogP contribution >= 0.6 is 0 Å². The summed E-state index contributed by atoms with van der Waals surface area (Å²) in [6, 6.07) is -1.78. The summed E-state index contributed by atoms with van der Waals surface area (Å²) in [7, 11) is 0. The van der Waals surface area contributed by atoms with Crippen LogP contribution in [-0.2, 0) is 0 Å². The normalized spacial score (nSPS) is 19.3. The van der Waals surface area contributed by atoms with Gasteiger partial charge < -0.3 is 9.13 Å². The van der Waals surface area contributed by atoms with Crippen molar-refractivity contribution in [2.75, 3.05) is 0 Å². The van der Waals surface area contributed by atoms with E-state index in [1.54, 1.807) is 0 Å². The average Bonchev–Trinajstić information content (AvgIpc) is 3.75. The van der Waals surface area contributed by atoms with E-state index in [4.69, 9.17) is 27.4 Å². The van der Waals surface area contributed by atoms with E-state index < -0.39 is 104 Å². The zero-order chi connectivity index (χ0) is 43.2. The lowest BCUT2D eigenvalue weighted by molar-refractivity contribution is 1.17. The maximum Gasteiger partial charge on any atom is 0.0645 e. The van der Waals surface area contributed by atoms with Crippen molar-refractivity contribution in [3.05, 3.63) is 145 Å². The number of hydrogen-bond acceptors (Lipinski definition) is 0. The van der Waals surface area contributed by atoms with E-state index in [-0.39, 0.29) is 77.7 Å². The zero-order valence-electron chi connectivity index (χ0n) is 39.9. The van der Waals surface area contributed by atoms with Gasteiger partial charge in [0.2, 0.25) is 0 Å². The van der Waals surface area contributed by atoms with Gasteiger partial charge in [-0.2, -0.15) is 0 Å². The number of fused-ring (bicyclic) bond motifs is 6. The molecule has 0 fully saturated rings. The fourth-order valence-corrected chi connectivity index (χ4v) is 4.99. The largest absolute Gasteiger partial charge is 0.309 e. The number of rotatable bonds is 3. The molecule has 0 bridgehead atoms. The van der Waals surface area contributed by atoms with Crippen LogP contribution < -0.4 is 0 Å². The van der Waals surface area contributed by atoms with E-state index in [1.165, 1.54) is 45.5 Å². The van der Waals surface area contributed by atoms with Crippen molar-refractivity contribution < 1.29 is 27.4 Å². The van der Waals surface area contributed by atoms with Gasteiger partial charge in [0.15, 0.2) is 0 Å². The summed E-state index contributed by atoms with van der Waals surface area (Å²) in [6.45, 7) is -2.90. The van der Waals surface area contributed by atoms with Gasteiger partial charge in [0.05, 0.1) is 45.4 Å². The predicted octanol–water partition coefficient (Wildman–Crippen LogP) is 9.86. The van der Waals surface area contributed by atoms with E-state index >= 15 is 0 Å². The van der Waals surface area contributed by atoms with Crippen LogP contribution in [0, 0.1) is 6.85 Å². The lowest BCUT2D eigenvalue weighted by Crippen LogP contribution is -1.96. The van der Waals surface area contributed by atoms with Gasteiger partial charge in [0.1, 0.15) is 0 Å². The van der Waals surface area contributed by atoms with Gasteiger partial charge in [0, 0.05) is 37.0 Å². The molecule has 0 radical (unpaired) electrons. The molecule has 0 aliphatic carbocycles. The van der Waals surface area contributed by atoms with Crippen LogP contribution in [0.3, 0.4) is 0 Å². The first-order valence-electron chi connectivity index (χ1n) is 21.8. The summed E-state index contributed by atoms with van der Waals surface area (Å²) in [5.41, 5.74) is -0.985. The standard InChI is InChI=1S/C37H26N2/c1-25-24-28(39-36-16-8-4-12-32(36)33-13-5-9-17-37(33)39)22-23-29(25)26-18-20-27(21-19-26)38-34-14-6-2-10-30(34)31-11-3-7-15-35(31)38/h2-24H,1H3/i1D3,2D,3D,4D,5D,6D,7D,8D,9D,10D,11D,12D,13D,14D,15D,16D,17D,18D. The molecule has 0 aliphatic rings. The van der Waals surface area contributed by atoms with E-state index in [9.17, 15) is 0 Å². The zero-order valence-corrected chi connectivity index (χ0v) is 19.9. The van der Waals surface area contributed by atoms with E-state index in [2.05, 4.69) is 0 Å². The summed E-state index contributed by atoms with van der Waals surface area (Å²) >= 11 is 0. The first-order valence-corrected chi connectivity index (χ1v) is 11.8. The highest BCUT2D eigenvalue weighted by molar-refractivity contribution is 6.10. The fourth-order valence-electron chi connectivity index (χ4n) is 4.99. The first kappa shape index (κ1) is 9.91. The highest BCUT2D eigenvalue weighted by Gasteiger charge is 2.14. The Morgan fingerprint density at radius 1 is 0.487 bits per heavy atom. The molecule has 0 saturated carbocycles. The summed E-state index contributed by atoms with van der Waals surface area (Å²) < 4.78 is 174. The van der Waals surface area contributed by atoms with E-state index in [1.807, 2.05) is 0 Å². The topological polar surface area (TPSA) is 9.86 Å². The molecule has 8 rings (SSSR count). The summed E-state index contributed by atoms with van der Waals surface area (Å²) in [4.78, 5) is 0. The fraction of sp³-hybridized carbons (Fsp3) is 0.0270. The molecule has 0 amide bonds. The van der Waals surface area contributed by atoms with Crippen molar-refractivity contribution >= 4 is 43.6 Å². The number of aromatic nitrogens is 2. The second-order valence-corrected chi connectivity index (χ2v) is 8.76. The molecule has 0 aliphatic heterocycles. The van der Waals surface area contributed by atoms with Crippen LogP contribution in [-0.4, -0.2) is 9.13 Å². The van der Waals surface area contributed by atoms with Crippen LogP contribution in [0.1, 0.15) is 33.0 Å². The molecular weight excluding hydrogens is 472 g/mol. The van der Waals surface area contributed by atoms with Crippen molar-refractivity contribution in [2.24, 2.45) is 0 Å². The molecule has 2 heteroatoms. The highest BCUT2D eigenvalue weighted by Crippen LogP contribution is 2.35. The minimum atomic E-state index is -2.90. The minimum absolute atomic E-state index is 0.0147. The molecule has 39 heavy (non-hydrogen) atoms. The Morgan fingerprint density at radius 3 is 1.44 bits per heavy atom. The molecule has 6 aromatic carbocycles. The monoisotopic (exact) mass is 518 g/mol. The van der Waals surface area contributed by atoms with Crippen molar-refractivity contribution in [3.8, 4) is 22.5 Å². The van der Waals surface area contributed by atoms with Gasteiger partial charge in [-0.25, -0.2) is 0 Å². The SMILES string of the molecule is [2H]c1cc(-n2c3c([2H])c([2H])c([2H])c([2H])c3c3c([2H])c([2H])c([2H])c([2H])c32)ccc1-c1ccc(-n2c3c([2H])c([2H])c([2H])c([2H])c3c3c([2H])c([2H])c([2H])c([2H])c32)cc1C([2H])([2H])[2H]. The Morgan fingerprint density at radius 2 is 0.949 bits per heavy atom. The number of benzene rings is 6. The molecular formula is C37H26N2. The highest BCUT2D eigenvalue weighted by atomic mass is 15.0. The smallest absolute Gasteiger partial charge is 0.0645 e. The van der Waals surface area contributed by atoms with E-state index in [0.29, 0.717) is 0 Å². The van der Waals surface area contributed by atoms with Crippen molar-refractivity contribution in [1.29, 1.82) is 0 Å². The van der Waals surface area contributed by atoms with Gasteiger partial charge in [-0.15, -0.1) is 0 Å². The molecule has 2 aromatic heterocycles. The Labute approximate surface area is 255 Å². The Kier molecular flexibility index (Phi) is 2.15. The number of para-hydroxylation sites is 4. The molecule has 0 N–H and O–H groups in total. The number of nitrogens with zero attached hydrogens (tertiary/aromatic N) is 2. The molecule has 0 spiro atoms. The van der Waals surface area contributed by atoms with Crippen molar-refractivity contribution in [2.45, 2.75) is 6.85 Å². The third-order valence-electron chi connectivity index (χ3n) is 6.67. The molecule has 8 aromatic rings. The van der Waals surface area contributed by atoms with Crippen LogP contribution in [0.5, 0.6) is 0 Å². The maximum atomic E-state index is 9.14. The Bertz CT molecular complexity index is 3080. The third kappa shape index (κ3) is 3.28. The summed E-state index contributed by atoms with van der Waals surface area (Å²) in [5, 5.41) is -0.704. The molecule has 2 nitrogen and oxygen atoms in total. The number of aryl methyl sites for hydroxylation is 1. The van der Waals surface area contributed by atoms with Gasteiger partial charge in [-0.05, 0) is 72.0 Å². The Balaban J connectivity index is 1.41. The van der Waals surface area contributed by atoms with E-state index in [0.717, 1.165) is 0 Å². The minimum Gasteiger partial charge on any atom is -0.309 e.